The van der Waals surface area contributed by atoms with Gasteiger partial charge in [0.05, 0.1) is 66.8 Å². The molecule has 0 radical (unpaired) electrons. The van der Waals surface area contributed by atoms with E-state index < -0.39 is 29.7 Å². The average Bonchev–Trinajstić information content (AvgIpc) is 4.04. The molecule has 3 fully saturated rings. The van der Waals surface area contributed by atoms with Gasteiger partial charge in [-0.2, -0.15) is 0 Å². The maximum Gasteiger partial charge on any atom is 0.264 e. The third-order valence-electron chi connectivity index (χ3n) is 12.5. The number of hydrogen-bond acceptors (Lipinski definition) is 13. The lowest BCUT2D eigenvalue weighted by atomic mass is 10.0. The lowest BCUT2D eigenvalue weighted by Crippen LogP contribution is -2.54. The fourth-order valence-corrected chi connectivity index (χ4v) is 9.28. The highest BCUT2D eigenvalue weighted by Crippen LogP contribution is 2.37. The van der Waals surface area contributed by atoms with E-state index in [1.807, 2.05) is 36.5 Å². The Hall–Kier alpha value is -6.56. The summed E-state index contributed by atoms with van der Waals surface area (Å²) in [6.45, 7) is 6.17. The van der Waals surface area contributed by atoms with Crippen LogP contribution in [0.25, 0.3) is 17.0 Å². The normalized spacial score (nSPS) is 19.1. The summed E-state index contributed by atoms with van der Waals surface area (Å²) in [5, 5.41) is 5.36. The molecular formula is C48H52FN9O7. The fraction of sp³-hybridized carbons (Fsp3) is 0.396. The summed E-state index contributed by atoms with van der Waals surface area (Å²) in [6, 6.07) is 21.1. The van der Waals surface area contributed by atoms with Crippen molar-refractivity contribution < 1.29 is 37.8 Å². The largest absolute Gasteiger partial charge is 0.382 e. The van der Waals surface area contributed by atoms with Gasteiger partial charge in [-0.3, -0.25) is 43.5 Å². The maximum absolute atomic E-state index is 14.1. The first-order valence-electron chi connectivity index (χ1n) is 22.4. The molecule has 65 heavy (non-hydrogen) atoms. The number of anilines is 3. The zero-order valence-corrected chi connectivity index (χ0v) is 36.1. The van der Waals surface area contributed by atoms with Crippen LogP contribution in [-0.2, 0) is 23.9 Å². The number of hydrogen-bond donors (Lipinski definition) is 2. The molecule has 0 saturated carbocycles. The highest BCUT2D eigenvalue weighted by Gasteiger charge is 2.45. The maximum atomic E-state index is 14.1. The number of nitrogens with one attached hydrogen (secondary N) is 2. The molecule has 3 saturated heterocycles. The van der Waals surface area contributed by atoms with E-state index in [0.717, 1.165) is 84.6 Å². The molecule has 4 aliphatic heterocycles. The summed E-state index contributed by atoms with van der Waals surface area (Å²) in [6.07, 6.45) is 7.18. The Morgan fingerprint density at radius 2 is 1.66 bits per heavy atom. The number of aromatic nitrogens is 3. The van der Waals surface area contributed by atoms with Gasteiger partial charge < -0.3 is 24.6 Å². The first-order chi connectivity index (χ1) is 31.7. The number of imidazole rings is 1. The van der Waals surface area contributed by atoms with E-state index in [9.17, 15) is 28.4 Å². The summed E-state index contributed by atoms with van der Waals surface area (Å²) in [5.74, 6) is -1.34. The molecule has 2 aromatic carbocycles. The van der Waals surface area contributed by atoms with Gasteiger partial charge in [0.25, 0.3) is 11.8 Å². The zero-order valence-electron chi connectivity index (χ0n) is 36.1. The predicted octanol–water partition coefficient (Wildman–Crippen LogP) is 4.89. The van der Waals surface area contributed by atoms with Gasteiger partial charge in [-0.1, -0.05) is 24.3 Å². The zero-order chi connectivity index (χ0) is 44.9. The number of pyridine rings is 2. The van der Waals surface area contributed by atoms with E-state index in [-0.39, 0.29) is 41.6 Å². The van der Waals surface area contributed by atoms with E-state index >= 15 is 0 Å². The molecule has 1 unspecified atom stereocenters. The number of nitrogens with zero attached hydrogens (tertiary/aromatic N) is 7. The Bertz CT molecular complexity index is 2590. The lowest BCUT2D eigenvalue weighted by Gasteiger charge is -2.35. The Balaban J connectivity index is 0.668. The summed E-state index contributed by atoms with van der Waals surface area (Å²) < 4.78 is 27.6. The molecule has 4 amide bonds. The van der Waals surface area contributed by atoms with Gasteiger partial charge in [-0.15, -0.1) is 0 Å². The standard InChI is InChI=1S/C48H52FN9O7/c49-33-7-1-6-32(28-33)39-12-4-19-56(39)34-14-16-42-51-29-41(57(42)30-34)37-10-3-13-43(52-37)55-22-20-54(21-23-55)31-35(59)8-5-24-64-26-27-65-25-18-50-38-11-2-9-36-45(38)48(63)58(47(36)62)40-15-17-44(60)53-46(40)61/h1-3,6-7,9-11,13-14,16,28-30,39-40,50H,4-5,8,12,15,17-27,31H2,(H,53,60,61)/t39-,40?/m1/s1. The number of halogens is 1. The van der Waals surface area contributed by atoms with Gasteiger partial charge in [0.2, 0.25) is 11.8 Å². The number of benzene rings is 2. The second-order valence-electron chi connectivity index (χ2n) is 16.8. The van der Waals surface area contributed by atoms with Crippen LogP contribution in [0.3, 0.4) is 0 Å². The number of fused-ring (bicyclic) bond motifs is 2. The second kappa shape index (κ2) is 19.7. The van der Waals surface area contributed by atoms with Crippen LogP contribution >= 0.6 is 0 Å². The Kier molecular flexibility index (Phi) is 13.2. The van der Waals surface area contributed by atoms with Crippen molar-refractivity contribution in [2.24, 2.45) is 0 Å². The van der Waals surface area contributed by atoms with Crippen LogP contribution in [0, 0.1) is 5.82 Å². The number of piperidine rings is 1. The number of amides is 4. The minimum Gasteiger partial charge on any atom is -0.382 e. The van der Waals surface area contributed by atoms with Crippen LogP contribution in [0.5, 0.6) is 0 Å². The number of carbonyl (C=O) groups excluding carboxylic acids is 5. The van der Waals surface area contributed by atoms with Crippen molar-refractivity contribution in [3.8, 4) is 11.4 Å². The van der Waals surface area contributed by atoms with E-state index in [2.05, 4.69) is 47.0 Å². The van der Waals surface area contributed by atoms with Crippen molar-refractivity contribution in [1.82, 2.24) is 29.5 Å². The van der Waals surface area contributed by atoms with Crippen molar-refractivity contribution in [3.63, 3.8) is 0 Å². The minimum absolute atomic E-state index is 0.0575. The average molecular weight is 886 g/mol. The Morgan fingerprint density at radius 1 is 0.846 bits per heavy atom. The van der Waals surface area contributed by atoms with Crippen molar-refractivity contribution in [2.75, 3.05) is 87.4 Å². The van der Waals surface area contributed by atoms with E-state index in [1.165, 1.54) is 6.07 Å². The highest BCUT2D eigenvalue weighted by molar-refractivity contribution is 6.25. The first-order valence-corrected chi connectivity index (χ1v) is 22.4. The smallest absolute Gasteiger partial charge is 0.264 e. The van der Waals surface area contributed by atoms with E-state index in [1.54, 1.807) is 30.3 Å². The first kappa shape index (κ1) is 43.7. The number of carbonyl (C=O) groups is 5. The molecule has 0 aliphatic carbocycles. The predicted molar refractivity (Wildman–Crippen MR) is 240 cm³/mol. The van der Waals surface area contributed by atoms with Crippen LogP contribution in [0.2, 0.25) is 0 Å². The van der Waals surface area contributed by atoms with Crippen LogP contribution in [0.4, 0.5) is 21.6 Å². The molecule has 17 heteroatoms. The molecule has 338 valence electrons. The van der Waals surface area contributed by atoms with Gasteiger partial charge in [0, 0.05) is 70.6 Å². The Labute approximate surface area is 375 Å². The monoisotopic (exact) mass is 885 g/mol. The molecule has 7 heterocycles. The second-order valence-corrected chi connectivity index (χ2v) is 16.8. The molecule has 9 rings (SSSR count). The molecule has 3 aromatic heterocycles. The van der Waals surface area contributed by atoms with Crippen LogP contribution in [0.15, 0.2) is 85.2 Å². The molecule has 16 nitrogen and oxygen atoms in total. The van der Waals surface area contributed by atoms with Crippen molar-refractivity contribution >= 4 is 52.3 Å². The van der Waals surface area contributed by atoms with Gasteiger partial charge >= 0.3 is 0 Å². The van der Waals surface area contributed by atoms with Gasteiger partial charge in [-0.05, 0) is 79.8 Å². The lowest BCUT2D eigenvalue weighted by molar-refractivity contribution is -0.136. The third-order valence-corrected chi connectivity index (χ3v) is 12.5. The minimum atomic E-state index is -1.02. The van der Waals surface area contributed by atoms with E-state index in [4.69, 9.17) is 14.5 Å². The van der Waals surface area contributed by atoms with Gasteiger partial charge in [0.15, 0.2) is 0 Å². The Morgan fingerprint density at radius 3 is 2.49 bits per heavy atom. The molecule has 5 aromatic rings. The van der Waals surface area contributed by atoms with Crippen LogP contribution in [0.1, 0.15) is 70.8 Å². The summed E-state index contributed by atoms with van der Waals surface area (Å²) in [4.78, 5) is 80.7. The number of piperazine rings is 1. The third kappa shape index (κ3) is 9.62. The topological polar surface area (TPSA) is 171 Å². The number of Topliss-reactive ketones (excluding diaryl/α,β-unsaturated/α-hetero) is 1. The fourth-order valence-electron chi connectivity index (χ4n) is 9.28. The van der Waals surface area contributed by atoms with Gasteiger partial charge in [0.1, 0.15) is 29.1 Å². The molecule has 0 bridgehead atoms. The van der Waals surface area contributed by atoms with Crippen molar-refractivity contribution in [1.29, 1.82) is 0 Å². The van der Waals surface area contributed by atoms with Crippen molar-refractivity contribution in [3.05, 3.63) is 108 Å². The summed E-state index contributed by atoms with van der Waals surface area (Å²) in [5.41, 5.74) is 5.48. The number of ketones is 1. The van der Waals surface area contributed by atoms with Gasteiger partial charge in [-0.25, -0.2) is 14.4 Å². The van der Waals surface area contributed by atoms with Crippen LogP contribution in [-0.4, -0.2) is 132 Å². The van der Waals surface area contributed by atoms with E-state index in [0.29, 0.717) is 58.0 Å². The highest BCUT2D eigenvalue weighted by atomic mass is 19.1. The van der Waals surface area contributed by atoms with Crippen molar-refractivity contribution in [2.45, 2.75) is 50.6 Å². The number of ether oxygens (including phenoxy) is 2. The molecular weight excluding hydrogens is 834 g/mol. The van der Waals surface area contributed by atoms with Crippen LogP contribution < -0.4 is 20.4 Å². The quantitative estimate of drug-likeness (QED) is 0.0902. The number of rotatable bonds is 18. The number of imide groups is 2. The summed E-state index contributed by atoms with van der Waals surface area (Å²) in [7, 11) is 0. The molecule has 0 spiro atoms. The SMILES string of the molecule is O=C(CCCOCCOCCNc1cccc2c1C(=O)N(C1CCC(=O)NC1=O)C2=O)CN1CCN(c2cccc(-c3cnc4ccc(N5CCC[C@@H]5c5cccc(F)c5)cn34)n2)CC1. The molecule has 2 atom stereocenters. The molecule has 4 aliphatic rings. The molecule has 2 N–H and O–H groups in total. The summed E-state index contributed by atoms with van der Waals surface area (Å²) >= 11 is 0.